The fourth-order valence-corrected chi connectivity index (χ4v) is 2.87. The van der Waals surface area contributed by atoms with Crippen LogP contribution in [0.4, 0.5) is 5.82 Å². The van der Waals surface area contributed by atoms with E-state index < -0.39 is 11.8 Å². The molecule has 1 unspecified atom stereocenters. The number of nitrogens with zero attached hydrogens (tertiary/aromatic N) is 3. The molecular formula is C16H17ClN4O. The second-order valence-electron chi connectivity index (χ2n) is 5.40. The summed E-state index contributed by atoms with van der Waals surface area (Å²) < 4.78 is 0. The van der Waals surface area contributed by atoms with Gasteiger partial charge in [-0.15, -0.1) is 5.10 Å². The minimum absolute atomic E-state index is 0.453. The van der Waals surface area contributed by atoms with Crippen molar-refractivity contribution < 1.29 is 4.79 Å². The molecule has 0 saturated carbocycles. The molecule has 1 aliphatic rings. The summed E-state index contributed by atoms with van der Waals surface area (Å²) in [6.45, 7) is 2.01. The van der Waals surface area contributed by atoms with Gasteiger partial charge in [0, 0.05) is 18.1 Å². The van der Waals surface area contributed by atoms with Crippen LogP contribution in [0.15, 0.2) is 36.4 Å². The van der Waals surface area contributed by atoms with Crippen molar-refractivity contribution >= 4 is 23.3 Å². The second kappa shape index (κ2) is 6.32. The van der Waals surface area contributed by atoms with Gasteiger partial charge in [-0.05, 0) is 42.7 Å². The summed E-state index contributed by atoms with van der Waals surface area (Å²) in [4.78, 5) is 14.0. The third-order valence-electron chi connectivity index (χ3n) is 3.88. The lowest BCUT2D eigenvalue weighted by atomic mass is 9.95. The van der Waals surface area contributed by atoms with Crippen LogP contribution in [0, 0.1) is 0 Å². The highest BCUT2D eigenvalue weighted by atomic mass is 35.5. The van der Waals surface area contributed by atoms with Crippen LogP contribution in [-0.4, -0.2) is 29.2 Å². The van der Waals surface area contributed by atoms with Crippen LogP contribution < -0.4 is 10.6 Å². The molecular weight excluding hydrogens is 300 g/mol. The fraction of sp³-hybridized carbons (Fsp3) is 0.312. The molecule has 1 atom stereocenters. The molecule has 2 heterocycles. The Balaban J connectivity index is 1.88. The Labute approximate surface area is 134 Å². The van der Waals surface area contributed by atoms with Crippen LogP contribution in [-0.2, 0) is 4.79 Å². The predicted octanol–water partition coefficient (Wildman–Crippen LogP) is 2.35. The normalized spacial score (nSPS) is 15.8. The van der Waals surface area contributed by atoms with E-state index in [-0.39, 0.29) is 0 Å². The molecule has 1 aromatic carbocycles. The van der Waals surface area contributed by atoms with E-state index in [2.05, 4.69) is 15.1 Å². The Morgan fingerprint density at radius 2 is 1.77 bits per heavy atom. The standard InChI is InChI=1S/C16H17ClN4O/c17-12-5-3-11(4-6-12)15(16(18)22)13-7-8-14(20-19-13)21-9-1-2-10-21/h3-8,15H,1-2,9-10H2,(H2,18,22). The molecule has 0 bridgehead atoms. The Kier molecular flexibility index (Phi) is 4.24. The number of amides is 1. The molecule has 0 spiro atoms. The van der Waals surface area contributed by atoms with E-state index in [0.717, 1.165) is 24.5 Å². The quantitative estimate of drug-likeness (QED) is 0.939. The number of hydrogen-bond acceptors (Lipinski definition) is 4. The van der Waals surface area contributed by atoms with Gasteiger partial charge in [0.1, 0.15) is 5.92 Å². The topological polar surface area (TPSA) is 72.1 Å². The first-order chi connectivity index (χ1) is 10.6. The molecule has 1 aromatic heterocycles. The van der Waals surface area contributed by atoms with Crippen molar-refractivity contribution in [3.05, 3.63) is 52.7 Å². The van der Waals surface area contributed by atoms with Crippen LogP contribution in [0.2, 0.25) is 5.02 Å². The zero-order valence-electron chi connectivity index (χ0n) is 12.1. The smallest absolute Gasteiger partial charge is 0.231 e. The Hall–Kier alpha value is -2.14. The van der Waals surface area contributed by atoms with Gasteiger partial charge in [-0.2, -0.15) is 5.10 Å². The van der Waals surface area contributed by atoms with Gasteiger partial charge in [-0.25, -0.2) is 0 Å². The minimum Gasteiger partial charge on any atom is -0.369 e. The summed E-state index contributed by atoms with van der Waals surface area (Å²) in [7, 11) is 0. The molecule has 0 radical (unpaired) electrons. The Morgan fingerprint density at radius 3 is 2.32 bits per heavy atom. The molecule has 114 valence electrons. The molecule has 6 heteroatoms. The van der Waals surface area contributed by atoms with E-state index in [9.17, 15) is 4.79 Å². The van der Waals surface area contributed by atoms with E-state index in [0.29, 0.717) is 10.7 Å². The van der Waals surface area contributed by atoms with Gasteiger partial charge in [-0.1, -0.05) is 23.7 Å². The third kappa shape index (κ3) is 3.04. The SMILES string of the molecule is NC(=O)C(c1ccc(Cl)cc1)c1ccc(N2CCCC2)nn1. The van der Waals surface area contributed by atoms with Gasteiger partial charge in [0.15, 0.2) is 5.82 Å². The summed E-state index contributed by atoms with van der Waals surface area (Å²) in [6, 6.07) is 10.8. The van der Waals surface area contributed by atoms with E-state index in [1.54, 1.807) is 24.3 Å². The molecule has 0 aliphatic carbocycles. The molecule has 5 nitrogen and oxygen atoms in total. The average Bonchev–Trinajstić information content (AvgIpc) is 3.04. The lowest BCUT2D eigenvalue weighted by Gasteiger charge is -2.17. The van der Waals surface area contributed by atoms with Crippen LogP contribution in [0.5, 0.6) is 0 Å². The first-order valence-electron chi connectivity index (χ1n) is 7.28. The molecule has 2 aromatic rings. The van der Waals surface area contributed by atoms with Crippen LogP contribution in [0.25, 0.3) is 0 Å². The van der Waals surface area contributed by atoms with Gasteiger partial charge in [0.25, 0.3) is 0 Å². The van der Waals surface area contributed by atoms with E-state index in [1.165, 1.54) is 12.8 Å². The van der Waals surface area contributed by atoms with E-state index >= 15 is 0 Å². The Bertz CT molecular complexity index is 651. The summed E-state index contributed by atoms with van der Waals surface area (Å²) in [5, 5.41) is 9.08. The maximum atomic E-state index is 11.8. The van der Waals surface area contributed by atoms with Gasteiger partial charge in [-0.3, -0.25) is 4.79 Å². The highest BCUT2D eigenvalue weighted by Crippen LogP contribution is 2.25. The van der Waals surface area contributed by atoms with Gasteiger partial charge < -0.3 is 10.6 Å². The lowest BCUT2D eigenvalue weighted by molar-refractivity contribution is -0.118. The van der Waals surface area contributed by atoms with Crippen LogP contribution in [0.1, 0.15) is 30.0 Å². The molecule has 1 saturated heterocycles. The number of aromatic nitrogens is 2. The van der Waals surface area contributed by atoms with E-state index in [4.69, 9.17) is 17.3 Å². The summed E-state index contributed by atoms with van der Waals surface area (Å²) >= 11 is 5.89. The van der Waals surface area contributed by atoms with E-state index in [1.807, 2.05) is 12.1 Å². The van der Waals surface area contributed by atoms with Crippen molar-refractivity contribution in [3.8, 4) is 0 Å². The minimum atomic E-state index is -0.614. The molecule has 3 rings (SSSR count). The predicted molar refractivity (Wildman–Crippen MR) is 86.0 cm³/mol. The fourth-order valence-electron chi connectivity index (χ4n) is 2.74. The second-order valence-corrected chi connectivity index (χ2v) is 5.83. The number of rotatable bonds is 4. The largest absolute Gasteiger partial charge is 0.369 e. The van der Waals surface area contributed by atoms with Gasteiger partial charge in [0.2, 0.25) is 5.91 Å². The van der Waals surface area contributed by atoms with Crippen LogP contribution >= 0.6 is 11.6 Å². The monoisotopic (exact) mass is 316 g/mol. The Morgan fingerprint density at radius 1 is 1.09 bits per heavy atom. The van der Waals surface area contributed by atoms with Crippen molar-refractivity contribution in [1.82, 2.24) is 10.2 Å². The number of hydrogen-bond donors (Lipinski definition) is 1. The average molecular weight is 317 g/mol. The van der Waals surface area contributed by atoms with Crippen LogP contribution in [0.3, 0.4) is 0 Å². The number of halogens is 1. The zero-order valence-corrected chi connectivity index (χ0v) is 12.8. The number of nitrogens with two attached hydrogens (primary N) is 1. The molecule has 1 aliphatic heterocycles. The summed E-state index contributed by atoms with van der Waals surface area (Å²) in [5.41, 5.74) is 6.87. The maximum Gasteiger partial charge on any atom is 0.231 e. The van der Waals surface area contributed by atoms with Crippen molar-refractivity contribution in [2.75, 3.05) is 18.0 Å². The first kappa shape index (κ1) is 14.8. The van der Waals surface area contributed by atoms with Crippen molar-refractivity contribution in [3.63, 3.8) is 0 Å². The number of carbonyl (C=O) groups excluding carboxylic acids is 1. The molecule has 1 fully saturated rings. The highest BCUT2D eigenvalue weighted by molar-refractivity contribution is 6.30. The molecule has 1 amide bonds. The van der Waals surface area contributed by atoms with Gasteiger partial charge in [0.05, 0.1) is 5.69 Å². The summed E-state index contributed by atoms with van der Waals surface area (Å²) in [6.07, 6.45) is 2.36. The van der Waals surface area contributed by atoms with Gasteiger partial charge >= 0.3 is 0 Å². The molecule has 2 N–H and O–H groups in total. The third-order valence-corrected chi connectivity index (χ3v) is 4.14. The number of benzene rings is 1. The summed E-state index contributed by atoms with van der Waals surface area (Å²) in [5.74, 6) is -0.219. The molecule has 22 heavy (non-hydrogen) atoms. The van der Waals surface area contributed by atoms with Crippen molar-refractivity contribution in [2.24, 2.45) is 5.73 Å². The highest BCUT2D eigenvalue weighted by Gasteiger charge is 2.23. The first-order valence-corrected chi connectivity index (χ1v) is 7.66. The van der Waals surface area contributed by atoms with Crippen molar-refractivity contribution in [2.45, 2.75) is 18.8 Å². The number of anilines is 1. The zero-order chi connectivity index (χ0) is 15.5. The maximum absolute atomic E-state index is 11.8. The lowest BCUT2D eigenvalue weighted by Crippen LogP contribution is -2.24. The number of primary amides is 1. The number of carbonyl (C=O) groups is 1. The van der Waals surface area contributed by atoms with Crippen molar-refractivity contribution in [1.29, 1.82) is 0 Å².